The number of piperazine rings is 1. The van der Waals surface area contributed by atoms with E-state index in [0.29, 0.717) is 31.1 Å². The van der Waals surface area contributed by atoms with Crippen LogP contribution in [0, 0.1) is 20.8 Å². The minimum absolute atomic E-state index is 0.402. The van der Waals surface area contributed by atoms with E-state index >= 15 is 0 Å². The van der Waals surface area contributed by atoms with Crippen molar-refractivity contribution in [1.82, 2.24) is 14.3 Å². The lowest BCUT2D eigenvalue weighted by molar-refractivity contribution is 0.384. The molecule has 27 heavy (non-hydrogen) atoms. The Labute approximate surface area is 163 Å². The van der Waals surface area contributed by atoms with Gasteiger partial charge in [-0.05, 0) is 38.5 Å². The Morgan fingerprint density at radius 2 is 1.74 bits per heavy atom. The van der Waals surface area contributed by atoms with Crippen molar-refractivity contribution < 1.29 is 8.42 Å². The predicted octanol–water partition coefficient (Wildman–Crippen LogP) is 3.13. The quantitative estimate of drug-likeness (QED) is 0.673. The molecule has 8 heteroatoms. The first-order valence-electron chi connectivity index (χ1n) is 8.90. The second-order valence-electron chi connectivity index (χ2n) is 6.93. The van der Waals surface area contributed by atoms with Crippen molar-refractivity contribution in [3.63, 3.8) is 0 Å². The zero-order chi connectivity index (χ0) is 19.2. The first kappa shape index (κ1) is 18.3. The summed E-state index contributed by atoms with van der Waals surface area (Å²) >= 11 is 1.65. The van der Waals surface area contributed by atoms with E-state index in [0.717, 1.165) is 27.2 Å². The van der Waals surface area contributed by atoms with Crippen molar-refractivity contribution in [3.05, 3.63) is 46.6 Å². The number of anilines is 1. The number of aromatic nitrogens is 2. The van der Waals surface area contributed by atoms with Gasteiger partial charge in [-0.3, -0.25) is 0 Å². The lowest BCUT2D eigenvalue weighted by Crippen LogP contribution is -2.49. The van der Waals surface area contributed by atoms with E-state index in [9.17, 15) is 8.42 Å². The molecule has 3 aromatic rings. The minimum atomic E-state index is -3.48. The predicted molar refractivity (Wildman–Crippen MR) is 109 cm³/mol. The van der Waals surface area contributed by atoms with E-state index in [1.807, 2.05) is 26.0 Å². The lowest BCUT2D eigenvalue weighted by atomic mass is 10.2. The average molecular weight is 403 g/mol. The van der Waals surface area contributed by atoms with Gasteiger partial charge in [0, 0.05) is 31.1 Å². The van der Waals surface area contributed by atoms with E-state index in [2.05, 4.69) is 27.9 Å². The van der Waals surface area contributed by atoms with Gasteiger partial charge in [0.15, 0.2) is 0 Å². The summed E-state index contributed by atoms with van der Waals surface area (Å²) in [5.41, 5.74) is 1.86. The number of benzene rings is 1. The summed E-state index contributed by atoms with van der Waals surface area (Å²) in [5.74, 6) is 0.896. The van der Waals surface area contributed by atoms with Gasteiger partial charge in [0.05, 0.1) is 10.3 Å². The molecule has 1 fully saturated rings. The topological polar surface area (TPSA) is 66.4 Å². The molecule has 0 aliphatic carbocycles. The van der Waals surface area contributed by atoms with E-state index in [1.165, 1.54) is 4.88 Å². The summed E-state index contributed by atoms with van der Waals surface area (Å²) in [6.07, 6.45) is 1.59. The van der Waals surface area contributed by atoms with Crippen molar-refractivity contribution in [2.45, 2.75) is 25.7 Å². The number of rotatable bonds is 3. The van der Waals surface area contributed by atoms with Crippen molar-refractivity contribution in [3.8, 4) is 0 Å². The molecule has 0 N–H and O–H groups in total. The van der Waals surface area contributed by atoms with Gasteiger partial charge in [0.25, 0.3) is 0 Å². The Balaban J connectivity index is 1.56. The molecule has 1 aliphatic heterocycles. The summed E-state index contributed by atoms with van der Waals surface area (Å²) in [4.78, 5) is 13.5. The van der Waals surface area contributed by atoms with Crippen LogP contribution in [0.5, 0.6) is 0 Å². The summed E-state index contributed by atoms with van der Waals surface area (Å²) in [7, 11) is -3.48. The molecule has 0 bridgehead atoms. The van der Waals surface area contributed by atoms with Gasteiger partial charge in [-0.1, -0.05) is 17.7 Å². The van der Waals surface area contributed by atoms with Crippen molar-refractivity contribution in [2.75, 3.05) is 31.1 Å². The van der Waals surface area contributed by atoms with Crippen LogP contribution in [-0.2, 0) is 10.0 Å². The van der Waals surface area contributed by atoms with Crippen LogP contribution >= 0.6 is 11.3 Å². The third-order valence-corrected chi connectivity index (χ3v) is 7.94. The Morgan fingerprint density at radius 3 is 2.44 bits per heavy atom. The van der Waals surface area contributed by atoms with Crippen molar-refractivity contribution in [1.29, 1.82) is 0 Å². The fraction of sp³-hybridized carbons (Fsp3) is 0.368. The first-order chi connectivity index (χ1) is 12.9. The maximum absolute atomic E-state index is 13.1. The molecule has 1 aliphatic rings. The summed E-state index contributed by atoms with van der Waals surface area (Å²) in [5, 5.41) is 1.05. The molecule has 0 spiro atoms. The maximum atomic E-state index is 13.1. The smallest absolute Gasteiger partial charge is 0.243 e. The van der Waals surface area contributed by atoms with Crippen LogP contribution in [0.15, 0.2) is 35.5 Å². The fourth-order valence-corrected chi connectivity index (χ4v) is 6.05. The monoisotopic (exact) mass is 402 g/mol. The molecule has 142 valence electrons. The van der Waals surface area contributed by atoms with Gasteiger partial charge in [-0.2, -0.15) is 4.31 Å². The molecule has 0 atom stereocenters. The second-order valence-corrected chi connectivity index (χ2v) is 10.1. The molecule has 4 rings (SSSR count). The Hall–Kier alpha value is -2.03. The van der Waals surface area contributed by atoms with Gasteiger partial charge < -0.3 is 4.90 Å². The highest BCUT2D eigenvalue weighted by Crippen LogP contribution is 2.31. The largest absolute Gasteiger partial charge is 0.353 e. The lowest BCUT2D eigenvalue weighted by Gasteiger charge is -2.35. The van der Waals surface area contributed by atoms with Crippen LogP contribution in [0.4, 0.5) is 5.82 Å². The number of hydrogen-bond donors (Lipinski definition) is 0. The molecule has 1 saturated heterocycles. The molecule has 0 saturated carbocycles. The molecule has 3 heterocycles. The Bertz CT molecular complexity index is 1100. The molecular weight excluding hydrogens is 380 g/mol. The Morgan fingerprint density at radius 1 is 1.00 bits per heavy atom. The number of aryl methyl sites for hydroxylation is 3. The standard InChI is InChI=1S/C19H22N4O2S2/c1-13-4-5-17(14(2)10-13)27(24,25)23-8-6-22(7-9-23)18-16-11-15(3)26-19(16)21-12-20-18/h4-5,10-12H,6-9H2,1-3H3. The summed E-state index contributed by atoms with van der Waals surface area (Å²) < 4.78 is 27.7. The zero-order valence-electron chi connectivity index (χ0n) is 15.6. The van der Waals surface area contributed by atoms with E-state index in [-0.39, 0.29) is 0 Å². The number of thiophene rings is 1. The fourth-order valence-electron chi connectivity index (χ4n) is 3.58. The van der Waals surface area contributed by atoms with Gasteiger partial charge in [0.1, 0.15) is 17.0 Å². The number of fused-ring (bicyclic) bond motifs is 1. The molecule has 2 aromatic heterocycles. The normalized spacial score (nSPS) is 16.2. The number of hydrogen-bond acceptors (Lipinski definition) is 6. The summed E-state index contributed by atoms with van der Waals surface area (Å²) in [6, 6.07) is 7.59. The molecule has 1 aromatic carbocycles. The highest BCUT2D eigenvalue weighted by Gasteiger charge is 2.30. The highest BCUT2D eigenvalue weighted by molar-refractivity contribution is 7.89. The average Bonchev–Trinajstić information content (AvgIpc) is 3.01. The molecule has 0 radical (unpaired) electrons. The van der Waals surface area contributed by atoms with Crippen LogP contribution in [0.1, 0.15) is 16.0 Å². The second kappa shape index (κ2) is 6.85. The van der Waals surface area contributed by atoms with Crippen LogP contribution < -0.4 is 4.90 Å². The van der Waals surface area contributed by atoms with Crippen LogP contribution in [0.3, 0.4) is 0 Å². The SMILES string of the molecule is Cc1ccc(S(=O)(=O)N2CCN(c3ncnc4sc(C)cc34)CC2)c(C)c1. The third kappa shape index (κ3) is 3.33. The van der Waals surface area contributed by atoms with E-state index in [1.54, 1.807) is 28.0 Å². The molecule has 0 amide bonds. The van der Waals surface area contributed by atoms with E-state index in [4.69, 9.17) is 0 Å². The van der Waals surface area contributed by atoms with Gasteiger partial charge in [0.2, 0.25) is 10.0 Å². The third-order valence-electron chi connectivity index (χ3n) is 4.92. The van der Waals surface area contributed by atoms with Crippen molar-refractivity contribution >= 4 is 37.4 Å². The number of nitrogens with zero attached hydrogens (tertiary/aromatic N) is 4. The molecule has 6 nitrogen and oxygen atoms in total. The minimum Gasteiger partial charge on any atom is -0.353 e. The Kier molecular flexibility index (Phi) is 4.65. The van der Waals surface area contributed by atoms with Gasteiger partial charge in [-0.25, -0.2) is 18.4 Å². The van der Waals surface area contributed by atoms with E-state index < -0.39 is 10.0 Å². The number of sulfonamides is 1. The summed E-state index contributed by atoms with van der Waals surface area (Å²) in [6.45, 7) is 8.01. The van der Waals surface area contributed by atoms with Gasteiger partial charge in [-0.15, -0.1) is 11.3 Å². The first-order valence-corrected chi connectivity index (χ1v) is 11.2. The zero-order valence-corrected chi connectivity index (χ0v) is 17.3. The molecular formula is C19H22N4O2S2. The maximum Gasteiger partial charge on any atom is 0.243 e. The molecule has 0 unspecified atom stereocenters. The van der Waals surface area contributed by atoms with Crippen LogP contribution in [0.2, 0.25) is 0 Å². The van der Waals surface area contributed by atoms with Crippen LogP contribution in [-0.4, -0.2) is 48.9 Å². The van der Waals surface area contributed by atoms with Gasteiger partial charge >= 0.3 is 0 Å². The highest BCUT2D eigenvalue weighted by atomic mass is 32.2. The van der Waals surface area contributed by atoms with Crippen LogP contribution in [0.25, 0.3) is 10.2 Å². The van der Waals surface area contributed by atoms with Crippen molar-refractivity contribution in [2.24, 2.45) is 0 Å².